The van der Waals surface area contributed by atoms with Crippen LogP contribution in [0.4, 0.5) is 5.13 Å². The monoisotopic (exact) mass is 281 g/mol. The summed E-state index contributed by atoms with van der Waals surface area (Å²) in [4.78, 5) is 18.4. The van der Waals surface area contributed by atoms with E-state index >= 15 is 0 Å². The molecular weight excluding hydrogens is 262 g/mol. The maximum Gasteiger partial charge on any atom is 0.240 e. The third-order valence-electron chi connectivity index (χ3n) is 3.87. The molecule has 0 aromatic carbocycles. The van der Waals surface area contributed by atoms with Crippen LogP contribution in [-0.4, -0.2) is 47.6 Å². The lowest BCUT2D eigenvalue weighted by atomic mass is 9.90. The molecule has 1 aliphatic heterocycles. The Labute approximate surface area is 117 Å². The lowest BCUT2D eigenvalue weighted by molar-refractivity contribution is -0.124. The number of rotatable bonds is 3. The van der Waals surface area contributed by atoms with Crippen LogP contribution in [0.1, 0.15) is 25.7 Å². The van der Waals surface area contributed by atoms with Gasteiger partial charge in [0.1, 0.15) is 0 Å². The normalized spacial score (nSPS) is 27.8. The van der Waals surface area contributed by atoms with Gasteiger partial charge < -0.3 is 10.1 Å². The van der Waals surface area contributed by atoms with Crippen LogP contribution in [0.15, 0.2) is 11.6 Å². The van der Waals surface area contributed by atoms with Crippen molar-refractivity contribution in [2.75, 3.05) is 25.0 Å². The minimum absolute atomic E-state index is 0.0289. The third-order valence-corrected chi connectivity index (χ3v) is 4.56. The summed E-state index contributed by atoms with van der Waals surface area (Å²) in [7, 11) is 0. The van der Waals surface area contributed by atoms with Crippen molar-refractivity contribution < 1.29 is 9.53 Å². The first-order valence-corrected chi connectivity index (χ1v) is 7.76. The van der Waals surface area contributed by atoms with E-state index in [1.807, 2.05) is 5.38 Å². The molecule has 1 saturated carbocycles. The average Bonchev–Trinajstić information content (AvgIpc) is 2.92. The van der Waals surface area contributed by atoms with Crippen LogP contribution in [0.5, 0.6) is 0 Å². The zero-order valence-corrected chi connectivity index (χ0v) is 11.7. The van der Waals surface area contributed by atoms with E-state index in [1.54, 1.807) is 6.20 Å². The van der Waals surface area contributed by atoms with E-state index in [0.29, 0.717) is 23.8 Å². The smallest absolute Gasteiger partial charge is 0.240 e. The molecule has 1 aliphatic carbocycles. The van der Waals surface area contributed by atoms with Crippen molar-refractivity contribution >= 4 is 22.4 Å². The summed E-state index contributed by atoms with van der Waals surface area (Å²) in [5.74, 6) is 0.0289. The zero-order valence-electron chi connectivity index (χ0n) is 10.9. The molecule has 1 amide bonds. The lowest BCUT2D eigenvalue weighted by Gasteiger charge is -2.43. The predicted molar refractivity (Wildman–Crippen MR) is 74.3 cm³/mol. The Morgan fingerprint density at radius 1 is 1.53 bits per heavy atom. The molecule has 0 unspecified atom stereocenters. The molecule has 19 heavy (non-hydrogen) atoms. The summed E-state index contributed by atoms with van der Waals surface area (Å²) in [5, 5.41) is 5.39. The molecule has 1 N–H and O–H groups in total. The molecule has 0 radical (unpaired) electrons. The second-order valence-electron chi connectivity index (χ2n) is 5.12. The van der Waals surface area contributed by atoms with Gasteiger partial charge >= 0.3 is 0 Å². The summed E-state index contributed by atoms with van der Waals surface area (Å²) in [6, 6.07) is 0.421. The number of carbonyl (C=O) groups is 1. The number of thiazole rings is 1. The standard InChI is InChI=1S/C13H19N3O2S/c17-12(15-13-14-5-8-19-13)9-16-6-7-18-11-4-2-1-3-10(11)16/h5,8,10-11H,1-4,6-7,9H2,(H,14,15,17)/t10-,11+/m1/s1. The quantitative estimate of drug-likeness (QED) is 0.916. The van der Waals surface area contributed by atoms with Gasteiger partial charge in [0.05, 0.1) is 19.3 Å². The number of hydrogen-bond donors (Lipinski definition) is 1. The van der Waals surface area contributed by atoms with E-state index in [9.17, 15) is 4.79 Å². The Hall–Kier alpha value is -0.980. The number of morpholine rings is 1. The van der Waals surface area contributed by atoms with Gasteiger partial charge in [-0.15, -0.1) is 11.3 Å². The largest absolute Gasteiger partial charge is 0.375 e. The first-order valence-electron chi connectivity index (χ1n) is 6.88. The lowest BCUT2D eigenvalue weighted by Crippen LogP contribution is -2.54. The number of nitrogens with zero attached hydrogens (tertiary/aromatic N) is 2. The Balaban J connectivity index is 1.57. The Bertz CT molecular complexity index is 422. The van der Waals surface area contributed by atoms with Crippen LogP contribution >= 0.6 is 11.3 Å². The van der Waals surface area contributed by atoms with E-state index < -0.39 is 0 Å². The highest BCUT2D eigenvalue weighted by atomic mass is 32.1. The van der Waals surface area contributed by atoms with Crippen LogP contribution < -0.4 is 5.32 Å². The van der Waals surface area contributed by atoms with Crippen molar-refractivity contribution in [2.45, 2.75) is 37.8 Å². The molecule has 1 aromatic heterocycles. The summed E-state index contributed by atoms with van der Waals surface area (Å²) < 4.78 is 5.82. The van der Waals surface area contributed by atoms with Gasteiger partial charge in [-0.05, 0) is 12.8 Å². The van der Waals surface area contributed by atoms with Gasteiger partial charge in [-0.1, -0.05) is 12.8 Å². The summed E-state index contributed by atoms with van der Waals surface area (Å²) >= 11 is 1.45. The average molecular weight is 281 g/mol. The highest BCUT2D eigenvalue weighted by molar-refractivity contribution is 7.13. The Morgan fingerprint density at radius 3 is 3.26 bits per heavy atom. The molecule has 0 bridgehead atoms. The summed E-state index contributed by atoms with van der Waals surface area (Å²) in [5.41, 5.74) is 0. The third kappa shape index (κ3) is 3.13. The van der Waals surface area contributed by atoms with Crippen molar-refractivity contribution in [3.63, 3.8) is 0 Å². The van der Waals surface area contributed by atoms with E-state index in [-0.39, 0.29) is 5.91 Å². The maximum absolute atomic E-state index is 12.0. The van der Waals surface area contributed by atoms with Crippen LogP contribution in [-0.2, 0) is 9.53 Å². The number of ether oxygens (including phenoxy) is 1. The molecule has 104 valence electrons. The Kier molecular flexibility index (Phi) is 4.10. The first kappa shape index (κ1) is 13.0. The number of carbonyl (C=O) groups excluding carboxylic acids is 1. The van der Waals surface area contributed by atoms with E-state index in [2.05, 4.69) is 15.2 Å². The maximum atomic E-state index is 12.0. The summed E-state index contributed by atoms with van der Waals surface area (Å²) in [6.45, 7) is 2.04. The van der Waals surface area contributed by atoms with Crippen LogP contribution in [0.2, 0.25) is 0 Å². The number of nitrogens with one attached hydrogen (secondary N) is 1. The molecule has 1 saturated heterocycles. The molecule has 6 heteroatoms. The summed E-state index contributed by atoms with van der Waals surface area (Å²) in [6.07, 6.45) is 6.81. The van der Waals surface area contributed by atoms with Crippen molar-refractivity contribution in [1.29, 1.82) is 0 Å². The number of anilines is 1. The molecule has 1 aromatic rings. The number of aromatic nitrogens is 1. The molecule has 2 heterocycles. The molecule has 3 rings (SSSR count). The minimum Gasteiger partial charge on any atom is -0.375 e. The highest BCUT2D eigenvalue weighted by Gasteiger charge is 2.34. The number of fused-ring (bicyclic) bond motifs is 1. The molecular formula is C13H19N3O2S. The van der Waals surface area contributed by atoms with Gasteiger partial charge in [-0.2, -0.15) is 0 Å². The van der Waals surface area contributed by atoms with Crippen molar-refractivity contribution in [3.8, 4) is 0 Å². The second-order valence-corrected chi connectivity index (χ2v) is 6.01. The van der Waals surface area contributed by atoms with Gasteiger partial charge in [-0.25, -0.2) is 4.98 Å². The zero-order chi connectivity index (χ0) is 13.1. The number of amides is 1. The van der Waals surface area contributed by atoms with Crippen molar-refractivity contribution in [2.24, 2.45) is 0 Å². The SMILES string of the molecule is O=C(CN1CCO[C@H]2CCCC[C@H]21)Nc1nccs1. The fraction of sp³-hybridized carbons (Fsp3) is 0.692. The highest BCUT2D eigenvalue weighted by Crippen LogP contribution is 2.28. The van der Waals surface area contributed by atoms with E-state index in [4.69, 9.17) is 4.74 Å². The van der Waals surface area contributed by atoms with Crippen molar-refractivity contribution in [1.82, 2.24) is 9.88 Å². The predicted octanol–water partition coefficient (Wildman–Crippen LogP) is 1.72. The fourth-order valence-corrected chi connectivity index (χ4v) is 3.55. The van der Waals surface area contributed by atoms with Gasteiger partial charge in [0.2, 0.25) is 5.91 Å². The van der Waals surface area contributed by atoms with Gasteiger partial charge in [0.25, 0.3) is 0 Å². The van der Waals surface area contributed by atoms with E-state index in [0.717, 1.165) is 26.0 Å². The van der Waals surface area contributed by atoms with Gasteiger partial charge in [-0.3, -0.25) is 9.69 Å². The number of hydrogen-bond acceptors (Lipinski definition) is 5. The van der Waals surface area contributed by atoms with Crippen LogP contribution in [0, 0.1) is 0 Å². The van der Waals surface area contributed by atoms with Crippen LogP contribution in [0.3, 0.4) is 0 Å². The van der Waals surface area contributed by atoms with Gasteiger partial charge in [0.15, 0.2) is 5.13 Å². The molecule has 0 spiro atoms. The minimum atomic E-state index is 0.0289. The van der Waals surface area contributed by atoms with E-state index in [1.165, 1.54) is 24.2 Å². The van der Waals surface area contributed by atoms with Crippen molar-refractivity contribution in [3.05, 3.63) is 11.6 Å². The van der Waals surface area contributed by atoms with Crippen LogP contribution in [0.25, 0.3) is 0 Å². The topological polar surface area (TPSA) is 54.5 Å². The second kappa shape index (κ2) is 5.98. The molecule has 5 nitrogen and oxygen atoms in total. The molecule has 2 fully saturated rings. The molecule has 2 atom stereocenters. The first-order chi connectivity index (χ1) is 9.33. The molecule has 2 aliphatic rings. The Morgan fingerprint density at radius 2 is 2.42 bits per heavy atom. The van der Waals surface area contributed by atoms with Gasteiger partial charge in [0, 0.05) is 24.2 Å². The fourth-order valence-electron chi connectivity index (χ4n) is 3.00.